The van der Waals surface area contributed by atoms with Crippen LogP contribution in [-0.4, -0.2) is 22.7 Å². The first-order valence-corrected chi connectivity index (χ1v) is 6.54. The van der Waals surface area contributed by atoms with E-state index >= 15 is 0 Å². The van der Waals surface area contributed by atoms with Crippen molar-refractivity contribution in [1.29, 1.82) is 0 Å². The lowest BCUT2D eigenvalue weighted by Gasteiger charge is -2.15. The number of aryl methyl sites for hydroxylation is 3. The summed E-state index contributed by atoms with van der Waals surface area (Å²) < 4.78 is 1.68. The largest absolute Gasteiger partial charge is 0.324 e. The molecule has 1 unspecified atom stereocenters. The predicted octanol–water partition coefficient (Wildman–Crippen LogP) is 2.36. The van der Waals surface area contributed by atoms with Gasteiger partial charge in [0, 0.05) is 24.5 Å². The number of likely N-dealkylation sites (N-methyl/N-ethyl adjacent to an activating group) is 1. The molecule has 1 aromatic carbocycles. The smallest absolute Gasteiger partial charge is 0.246 e. The van der Waals surface area contributed by atoms with Crippen LogP contribution in [0.4, 0.5) is 5.69 Å². The highest BCUT2D eigenvalue weighted by Gasteiger charge is 2.20. The molecule has 114 valence electrons. The number of carbonyl (C=O) groups excluding carboxylic acids is 1. The van der Waals surface area contributed by atoms with Gasteiger partial charge in [-0.05, 0) is 44.2 Å². The Labute approximate surface area is 131 Å². The van der Waals surface area contributed by atoms with Gasteiger partial charge in [-0.25, -0.2) is 0 Å². The Bertz CT molecular complexity index is 604. The molecule has 2 aromatic rings. The number of halogens is 1. The Balaban J connectivity index is 0.00000220. The minimum Gasteiger partial charge on any atom is -0.324 e. The highest BCUT2D eigenvalue weighted by Crippen LogP contribution is 2.17. The first-order valence-electron chi connectivity index (χ1n) is 6.54. The van der Waals surface area contributed by atoms with Gasteiger partial charge in [0.2, 0.25) is 5.91 Å². The molecule has 0 fully saturated rings. The van der Waals surface area contributed by atoms with Crippen molar-refractivity contribution >= 4 is 24.0 Å². The molecule has 2 N–H and O–H groups in total. The van der Waals surface area contributed by atoms with Crippen LogP contribution in [-0.2, 0) is 11.8 Å². The number of hydrogen-bond acceptors (Lipinski definition) is 3. The minimum atomic E-state index is -0.412. The Morgan fingerprint density at radius 2 is 1.86 bits per heavy atom. The number of rotatable bonds is 4. The summed E-state index contributed by atoms with van der Waals surface area (Å²) in [4.78, 5) is 12.4. The Kier molecular flexibility index (Phi) is 5.93. The van der Waals surface area contributed by atoms with Crippen molar-refractivity contribution in [2.24, 2.45) is 7.05 Å². The molecule has 0 saturated heterocycles. The molecule has 0 spiro atoms. The fourth-order valence-corrected chi connectivity index (χ4v) is 2.30. The van der Waals surface area contributed by atoms with Crippen LogP contribution in [0.25, 0.3) is 0 Å². The maximum absolute atomic E-state index is 12.4. The Hall–Kier alpha value is -1.85. The number of nitrogens with one attached hydrogen (secondary N) is 2. The lowest BCUT2D eigenvalue weighted by atomic mass is 10.1. The van der Waals surface area contributed by atoms with Crippen LogP contribution in [0.15, 0.2) is 30.6 Å². The van der Waals surface area contributed by atoms with E-state index in [0.717, 1.165) is 22.4 Å². The maximum atomic E-state index is 12.4. The maximum Gasteiger partial charge on any atom is 0.246 e. The lowest BCUT2D eigenvalue weighted by molar-refractivity contribution is -0.118. The normalized spacial score (nSPS) is 11.6. The first kappa shape index (κ1) is 17.2. The fraction of sp³-hybridized carbons (Fsp3) is 0.333. The zero-order chi connectivity index (χ0) is 14.7. The van der Waals surface area contributed by atoms with Gasteiger partial charge in [0.25, 0.3) is 0 Å². The fourth-order valence-electron chi connectivity index (χ4n) is 2.30. The van der Waals surface area contributed by atoms with Crippen molar-refractivity contribution < 1.29 is 4.79 Å². The van der Waals surface area contributed by atoms with Crippen molar-refractivity contribution in [2.75, 3.05) is 12.4 Å². The van der Waals surface area contributed by atoms with Crippen molar-refractivity contribution in [3.63, 3.8) is 0 Å². The topological polar surface area (TPSA) is 59.0 Å². The van der Waals surface area contributed by atoms with Crippen LogP contribution in [0, 0.1) is 13.8 Å². The molecule has 5 nitrogen and oxygen atoms in total. The number of carbonyl (C=O) groups is 1. The first-order chi connectivity index (χ1) is 9.49. The summed E-state index contributed by atoms with van der Waals surface area (Å²) in [6, 6.07) is 5.58. The van der Waals surface area contributed by atoms with E-state index in [9.17, 15) is 4.79 Å². The zero-order valence-electron chi connectivity index (χ0n) is 12.7. The van der Waals surface area contributed by atoms with Crippen LogP contribution in [0.5, 0.6) is 0 Å². The van der Waals surface area contributed by atoms with E-state index in [1.165, 1.54) is 0 Å². The molecule has 6 heteroatoms. The molecule has 0 aliphatic carbocycles. The average molecular weight is 309 g/mol. The third-order valence-corrected chi connectivity index (χ3v) is 3.10. The van der Waals surface area contributed by atoms with Crippen molar-refractivity contribution in [2.45, 2.75) is 19.9 Å². The molecule has 21 heavy (non-hydrogen) atoms. The monoisotopic (exact) mass is 308 g/mol. The number of hydrogen-bond donors (Lipinski definition) is 2. The van der Waals surface area contributed by atoms with E-state index in [4.69, 9.17) is 0 Å². The second-order valence-electron chi connectivity index (χ2n) is 5.03. The summed E-state index contributed by atoms with van der Waals surface area (Å²) in [6.07, 6.45) is 3.53. The van der Waals surface area contributed by atoms with Crippen molar-refractivity contribution in [3.05, 3.63) is 47.3 Å². The third kappa shape index (κ3) is 4.31. The summed E-state index contributed by atoms with van der Waals surface area (Å²) in [5, 5.41) is 10.1. The molecule has 0 bridgehead atoms. The summed E-state index contributed by atoms with van der Waals surface area (Å²) >= 11 is 0. The van der Waals surface area contributed by atoms with Crippen LogP contribution in [0.2, 0.25) is 0 Å². The minimum absolute atomic E-state index is 0. The third-order valence-electron chi connectivity index (χ3n) is 3.10. The summed E-state index contributed by atoms with van der Waals surface area (Å²) in [5.41, 5.74) is 3.92. The van der Waals surface area contributed by atoms with Gasteiger partial charge < -0.3 is 10.6 Å². The highest BCUT2D eigenvalue weighted by atomic mass is 35.5. The SMILES string of the molecule is CNC(C(=O)Nc1cc(C)cc(C)c1)c1cnn(C)c1.Cl. The molecule has 1 amide bonds. The molecule has 0 aliphatic rings. The molecule has 1 heterocycles. The van der Waals surface area contributed by atoms with Gasteiger partial charge in [-0.1, -0.05) is 6.07 Å². The molecule has 0 saturated carbocycles. The molecule has 2 rings (SSSR count). The predicted molar refractivity (Wildman–Crippen MR) is 86.8 cm³/mol. The van der Waals surface area contributed by atoms with E-state index in [1.54, 1.807) is 17.9 Å². The van der Waals surface area contributed by atoms with Gasteiger partial charge in [-0.3, -0.25) is 9.48 Å². The summed E-state index contributed by atoms with van der Waals surface area (Å²) in [6.45, 7) is 4.03. The van der Waals surface area contributed by atoms with Gasteiger partial charge in [-0.15, -0.1) is 12.4 Å². The molecule has 0 aliphatic heterocycles. The second kappa shape index (κ2) is 7.24. The molecular weight excluding hydrogens is 288 g/mol. The summed E-state index contributed by atoms with van der Waals surface area (Å²) in [5.74, 6) is -0.0921. The quantitative estimate of drug-likeness (QED) is 0.911. The van der Waals surface area contributed by atoms with E-state index < -0.39 is 6.04 Å². The van der Waals surface area contributed by atoms with Crippen molar-refractivity contribution in [3.8, 4) is 0 Å². The number of nitrogens with zero attached hydrogens (tertiary/aromatic N) is 2. The van der Waals surface area contributed by atoms with Crippen molar-refractivity contribution in [1.82, 2.24) is 15.1 Å². The molecule has 1 atom stereocenters. The van der Waals surface area contributed by atoms with E-state index in [0.29, 0.717) is 0 Å². The lowest BCUT2D eigenvalue weighted by Crippen LogP contribution is -2.30. The highest BCUT2D eigenvalue weighted by molar-refractivity contribution is 5.95. The van der Waals surface area contributed by atoms with Gasteiger partial charge >= 0.3 is 0 Å². The van der Waals surface area contributed by atoms with E-state index in [-0.39, 0.29) is 18.3 Å². The number of benzene rings is 1. The van der Waals surface area contributed by atoms with E-state index in [1.807, 2.05) is 39.2 Å². The summed E-state index contributed by atoms with van der Waals surface area (Å²) in [7, 11) is 3.59. The number of anilines is 1. The van der Waals surface area contributed by atoms with Crippen LogP contribution in [0.3, 0.4) is 0 Å². The van der Waals surface area contributed by atoms with Gasteiger partial charge in [-0.2, -0.15) is 5.10 Å². The molecular formula is C15H21ClN4O. The second-order valence-corrected chi connectivity index (χ2v) is 5.03. The Morgan fingerprint density at radius 3 is 2.33 bits per heavy atom. The van der Waals surface area contributed by atoms with E-state index in [2.05, 4.69) is 21.8 Å². The number of amides is 1. The van der Waals surface area contributed by atoms with Crippen LogP contribution < -0.4 is 10.6 Å². The molecule has 0 radical (unpaired) electrons. The number of aromatic nitrogens is 2. The van der Waals surface area contributed by atoms with Gasteiger partial charge in [0.1, 0.15) is 6.04 Å². The van der Waals surface area contributed by atoms with Gasteiger partial charge in [0.15, 0.2) is 0 Å². The Morgan fingerprint density at radius 1 is 1.24 bits per heavy atom. The zero-order valence-corrected chi connectivity index (χ0v) is 13.5. The molecule has 1 aromatic heterocycles. The van der Waals surface area contributed by atoms with Crippen LogP contribution in [0.1, 0.15) is 22.7 Å². The standard InChI is InChI=1S/C15H20N4O.ClH/c1-10-5-11(2)7-13(6-10)18-15(20)14(16-3)12-8-17-19(4)9-12;/h5-9,14,16H,1-4H3,(H,18,20);1H. The van der Waals surface area contributed by atoms with Crippen LogP contribution >= 0.6 is 12.4 Å². The van der Waals surface area contributed by atoms with Gasteiger partial charge in [0.05, 0.1) is 6.20 Å². The average Bonchev–Trinajstić information content (AvgIpc) is 2.75.